The Kier molecular flexibility index (Phi) is 5.12. The molecule has 0 atom stereocenters. The summed E-state index contributed by atoms with van der Waals surface area (Å²) in [6.45, 7) is 3.59. The molecule has 1 aliphatic heterocycles. The van der Waals surface area contributed by atoms with Crippen LogP contribution in [0.25, 0.3) is 10.9 Å². The molecule has 1 aliphatic carbocycles. The zero-order valence-corrected chi connectivity index (χ0v) is 18.2. The van der Waals surface area contributed by atoms with Crippen LogP contribution in [-0.4, -0.2) is 57.7 Å². The van der Waals surface area contributed by atoms with Gasteiger partial charge in [0.2, 0.25) is 16.5 Å². The molecule has 1 saturated carbocycles. The third-order valence-electron chi connectivity index (χ3n) is 5.93. The Labute approximate surface area is 186 Å². The van der Waals surface area contributed by atoms with E-state index in [2.05, 4.69) is 15.5 Å². The molecule has 3 aromatic rings. The molecule has 11 heteroatoms. The van der Waals surface area contributed by atoms with E-state index >= 15 is 4.39 Å². The molecule has 2 aliphatic rings. The monoisotopic (exact) mass is 456 g/mol. The average Bonchev–Trinajstić information content (AvgIpc) is 3.50. The quantitative estimate of drug-likeness (QED) is 0.646. The number of amides is 2. The number of rotatable bonds is 4. The van der Waals surface area contributed by atoms with Crippen LogP contribution in [0.5, 0.6) is 0 Å². The van der Waals surface area contributed by atoms with Crippen molar-refractivity contribution in [3.63, 3.8) is 0 Å². The van der Waals surface area contributed by atoms with Gasteiger partial charge in [-0.2, -0.15) is 0 Å². The maximum absolute atomic E-state index is 15.1. The van der Waals surface area contributed by atoms with Crippen molar-refractivity contribution in [3.05, 3.63) is 45.4 Å². The van der Waals surface area contributed by atoms with E-state index in [4.69, 9.17) is 0 Å². The van der Waals surface area contributed by atoms with E-state index in [1.54, 1.807) is 17.2 Å². The van der Waals surface area contributed by atoms with Crippen molar-refractivity contribution in [2.75, 3.05) is 36.4 Å². The number of nitrogens with zero attached hydrogens (tertiary/aromatic N) is 5. The topological polar surface area (TPSA) is 100 Å². The molecule has 1 N–H and O–H groups in total. The van der Waals surface area contributed by atoms with E-state index in [1.165, 1.54) is 18.5 Å². The van der Waals surface area contributed by atoms with Gasteiger partial charge in [0.15, 0.2) is 0 Å². The van der Waals surface area contributed by atoms with Gasteiger partial charge in [-0.15, -0.1) is 10.2 Å². The Hall–Kier alpha value is -3.34. The van der Waals surface area contributed by atoms with Gasteiger partial charge in [-0.05, 0) is 25.0 Å². The summed E-state index contributed by atoms with van der Waals surface area (Å²) in [5.74, 6) is -1.10. The highest BCUT2D eigenvalue weighted by Gasteiger charge is 2.29. The Morgan fingerprint density at radius 1 is 1.19 bits per heavy atom. The van der Waals surface area contributed by atoms with Gasteiger partial charge in [-0.1, -0.05) is 11.3 Å². The highest BCUT2D eigenvalue weighted by molar-refractivity contribution is 7.13. The van der Waals surface area contributed by atoms with Crippen molar-refractivity contribution in [2.24, 2.45) is 0 Å². The minimum Gasteiger partial charge on any atom is -0.366 e. The fourth-order valence-corrected chi connectivity index (χ4v) is 4.51. The standard InChI is InChI=1S/C21H21FN6O3S/c1-12(29)26-4-6-27(7-5-26)18-9-17-14(8-16(18)22)19(30)15(10-28(17)13-2-3-13)20(31)24-21-25-23-11-32-21/h8-11,13H,2-7H2,1H3,(H,24,25,31). The second-order valence-electron chi connectivity index (χ2n) is 8.02. The zero-order valence-electron chi connectivity index (χ0n) is 17.4. The van der Waals surface area contributed by atoms with Crippen LogP contribution in [0.4, 0.5) is 15.2 Å². The highest BCUT2D eigenvalue weighted by Crippen LogP contribution is 2.38. The van der Waals surface area contributed by atoms with Crippen molar-refractivity contribution >= 4 is 44.9 Å². The second-order valence-corrected chi connectivity index (χ2v) is 8.86. The number of piperazine rings is 1. The Bertz CT molecular complexity index is 1260. The van der Waals surface area contributed by atoms with Crippen LogP contribution in [0.3, 0.4) is 0 Å². The maximum Gasteiger partial charge on any atom is 0.262 e. The van der Waals surface area contributed by atoms with Crippen molar-refractivity contribution in [1.82, 2.24) is 19.7 Å². The lowest BCUT2D eigenvalue weighted by molar-refractivity contribution is -0.129. The molecule has 2 aromatic heterocycles. The summed E-state index contributed by atoms with van der Waals surface area (Å²) in [5, 5.41) is 10.5. The lowest BCUT2D eigenvalue weighted by Crippen LogP contribution is -2.48. The number of halogens is 1. The van der Waals surface area contributed by atoms with Crippen LogP contribution in [0.15, 0.2) is 28.6 Å². The van der Waals surface area contributed by atoms with E-state index in [9.17, 15) is 14.4 Å². The number of nitrogens with one attached hydrogen (secondary N) is 1. The molecule has 3 heterocycles. The molecule has 1 saturated heterocycles. The average molecular weight is 457 g/mol. The minimum atomic E-state index is -0.590. The van der Waals surface area contributed by atoms with Crippen molar-refractivity contribution in [3.8, 4) is 0 Å². The predicted molar refractivity (Wildman–Crippen MR) is 119 cm³/mol. The predicted octanol–water partition coefficient (Wildman–Crippen LogP) is 2.25. The fraction of sp³-hybridized carbons (Fsp3) is 0.381. The van der Waals surface area contributed by atoms with Gasteiger partial charge in [-0.25, -0.2) is 4.39 Å². The smallest absolute Gasteiger partial charge is 0.262 e. The fourth-order valence-electron chi connectivity index (χ4n) is 4.07. The molecule has 5 rings (SSSR count). The number of fused-ring (bicyclic) bond motifs is 1. The second kappa shape index (κ2) is 7.97. The Morgan fingerprint density at radius 3 is 2.56 bits per heavy atom. The van der Waals surface area contributed by atoms with Gasteiger partial charge in [0.1, 0.15) is 16.9 Å². The van der Waals surface area contributed by atoms with Crippen LogP contribution in [0.1, 0.15) is 36.2 Å². The number of aromatic nitrogens is 3. The maximum atomic E-state index is 15.1. The number of hydrogen-bond acceptors (Lipinski definition) is 7. The van der Waals surface area contributed by atoms with Gasteiger partial charge in [-0.3, -0.25) is 19.7 Å². The number of benzene rings is 1. The SMILES string of the molecule is CC(=O)N1CCN(c2cc3c(cc2F)c(=O)c(C(=O)Nc2nncs2)cn3C2CC2)CC1. The molecule has 166 valence electrons. The number of hydrogen-bond donors (Lipinski definition) is 1. The first-order chi connectivity index (χ1) is 15.4. The van der Waals surface area contributed by atoms with E-state index in [0.717, 1.165) is 24.2 Å². The largest absolute Gasteiger partial charge is 0.366 e. The first kappa shape index (κ1) is 20.6. The van der Waals surface area contributed by atoms with E-state index in [1.807, 2.05) is 9.47 Å². The molecule has 0 bridgehead atoms. The molecular weight excluding hydrogens is 435 g/mol. The van der Waals surface area contributed by atoms with E-state index < -0.39 is 17.2 Å². The summed E-state index contributed by atoms with van der Waals surface area (Å²) in [5.41, 5.74) is 1.91. The first-order valence-corrected chi connectivity index (χ1v) is 11.3. The van der Waals surface area contributed by atoms with Gasteiger partial charge in [0.25, 0.3) is 5.91 Å². The van der Waals surface area contributed by atoms with Crippen LogP contribution in [-0.2, 0) is 4.79 Å². The van der Waals surface area contributed by atoms with Gasteiger partial charge < -0.3 is 14.4 Å². The lowest BCUT2D eigenvalue weighted by Gasteiger charge is -2.36. The van der Waals surface area contributed by atoms with E-state index in [-0.39, 0.29) is 22.9 Å². The van der Waals surface area contributed by atoms with Crippen LogP contribution >= 0.6 is 11.3 Å². The van der Waals surface area contributed by atoms with Gasteiger partial charge in [0, 0.05) is 50.7 Å². The summed E-state index contributed by atoms with van der Waals surface area (Å²) in [6, 6.07) is 3.09. The molecular formula is C21H21FN6O3S. The number of carbonyl (C=O) groups is 2. The summed E-state index contributed by atoms with van der Waals surface area (Å²) in [4.78, 5) is 41.1. The molecule has 9 nitrogen and oxygen atoms in total. The summed E-state index contributed by atoms with van der Waals surface area (Å²) < 4.78 is 17.0. The summed E-state index contributed by atoms with van der Waals surface area (Å²) in [7, 11) is 0. The molecule has 2 fully saturated rings. The normalized spacial score (nSPS) is 16.4. The molecule has 0 radical (unpaired) electrons. The summed E-state index contributed by atoms with van der Waals surface area (Å²) in [6.07, 6.45) is 3.42. The Morgan fingerprint density at radius 2 is 1.94 bits per heavy atom. The molecule has 2 amide bonds. The number of pyridine rings is 1. The van der Waals surface area contributed by atoms with Crippen LogP contribution in [0, 0.1) is 5.82 Å². The van der Waals surface area contributed by atoms with Crippen molar-refractivity contribution in [2.45, 2.75) is 25.8 Å². The molecule has 0 unspecified atom stereocenters. The van der Waals surface area contributed by atoms with Gasteiger partial charge >= 0.3 is 0 Å². The van der Waals surface area contributed by atoms with Crippen molar-refractivity contribution in [1.29, 1.82) is 0 Å². The Balaban J connectivity index is 1.55. The lowest BCUT2D eigenvalue weighted by atomic mass is 10.1. The third-order valence-corrected chi connectivity index (χ3v) is 6.54. The minimum absolute atomic E-state index is 0.00513. The van der Waals surface area contributed by atoms with E-state index in [0.29, 0.717) is 42.5 Å². The van der Waals surface area contributed by atoms with Crippen LogP contribution < -0.4 is 15.6 Å². The zero-order chi connectivity index (χ0) is 22.4. The highest BCUT2D eigenvalue weighted by atomic mass is 32.1. The van der Waals surface area contributed by atoms with Crippen molar-refractivity contribution < 1.29 is 14.0 Å². The van der Waals surface area contributed by atoms with Gasteiger partial charge in [0.05, 0.1) is 11.2 Å². The third kappa shape index (κ3) is 3.72. The number of anilines is 2. The first-order valence-electron chi connectivity index (χ1n) is 10.4. The number of carbonyl (C=O) groups excluding carboxylic acids is 2. The summed E-state index contributed by atoms with van der Waals surface area (Å²) >= 11 is 1.15. The van der Waals surface area contributed by atoms with Crippen LogP contribution in [0.2, 0.25) is 0 Å². The molecule has 1 aromatic carbocycles. The molecule has 32 heavy (non-hydrogen) atoms. The molecule has 0 spiro atoms.